The Morgan fingerprint density at radius 1 is 1.29 bits per heavy atom. The third-order valence-corrected chi connectivity index (χ3v) is 8.30. The molecule has 4 rings (SSSR count). The lowest BCUT2D eigenvalue weighted by Gasteiger charge is -2.29. The first-order valence-electron chi connectivity index (χ1n) is 9.53. The predicted octanol–water partition coefficient (Wildman–Crippen LogP) is 1.86. The number of hydrogen-bond donors (Lipinski definition) is 0. The van der Waals surface area contributed by atoms with E-state index in [9.17, 15) is 13.2 Å². The molecule has 2 aliphatic heterocycles. The summed E-state index contributed by atoms with van der Waals surface area (Å²) in [7, 11) is -1.02. The molecule has 28 heavy (non-hydrogen) atoms. The molecule has 0 radical (unpaired) electrons. The van der Waals surface area contributed by atoms with Gasteiger partial charge in [-0.15, -0.1) is 10.2 Å². The lowest BCUT2D eigenvalue weighted by Crippen LogP contribution is -2.36. The summed E-state index contributed by atoms with van der Waals surface area (Å²) in [5.41, 5.74) is 2.24. The molecular weight excluding hydrogens is 396 g/mol. The smallest absolute Gasteiger partial charge is 0.237 e. The van der Waals surface area contributed by atoms with Crippen LogP contribution in [0.1, 0.15) is 24.2 Å². The Kier molecular flexibility index (Phi) is 5.46. The lowest BCUT2D eigenvalue weighted by atomic mass is 10.0. The lowest BCUT2D eigenvalue weighted by molar-refractivity contribution is -0.116. The summed E-state index contributed by atoms with van der Waals surface area (Å²) in [6, 6.07) is 8.07. The Morgan fingerprint density at radius 3 is 2.89 bits per heavy atom. The van der Waals surface area contributed by atoms with Crippen molar-refractivity contribution in [2.75, 3.05) is 28.7 Å². The molecular formula is C19H24N4O3S2. The van der Waals surface area contributed by atoms with Gasteiger partial charge in [0.1, 0.15) is 5.82 Å². The number of thioether (sulfide) groups is 1. The first-order valence-corrected chi connectivity index (χ1v) is 12.3. The molecule has 0 N–H and O–H groups in total. The molecule has 1 atom stereocenters. The normalized spacial score (nSPS) is 20.9. The Morgan fingerprint density at radius 2 is 2.11 bits per heavy atom. The summed E-state index contributed by atoms with van der Waals surface area (Å²) in [5, 5.41) is 9.13. The van der Waals surface area contributed by atoms with E-state index in [2.05, 4.69) is 16.3 Å². The molecule has 0 aliphatic carbocycles. The molecule has 150 valence electrons. The largest absolute Gasteiger partial charge is 0.311 e. The number of sulfone groups is 1. The van der Waals surface area contributed by atoms with Crippen molar-refractivity contribution >= 4 is 33.2 Å². The van der Waals surface area contributed by atoms with Gasteiger partial charge in [-0.25, -0.2) is 8.42 Å². The Bertz CT molecular complexity index is 987. The van der Waals surface area contributed by atoms with Crippen molar-refractivity contribution in [1.29, 1.82) is 0 Å². The van der Waals surface area contributed by atoms with Crippen LogP contribution < -0.4 is 4.90 Å². The summed E-state index contributed by atoms with van der Waals surface area (Å²) in [6.45, 7) is 0.747. The summed E-state index contributed by atoms with van der Waals surface area (Å²) in [4.78, 5) is 14.7. The van der Waals surface area contributed by atoms with Crippen molar-refractivity contribution in [3.8, 4) is 0 Å². The highest BCUT2D eigenvalue weighted by Gasteiger charge is 2.29. The van der Waals surface area contributed by atoms with Crippen LogP contribution in [-0.4, -0.2) is 52.9 Å². The molecule has 2 aromatic rings. The topological polar surface area (TPSA) is 85.2 Å². The van der Waals surface area contributed by atoms with E-state index in [1.54, 1.807) is 0 Å². The molecule has 0 spiro atoms. The van der Waals surface area contributed by atoms with Crippen molar-refractivity contribution in [2.45, 2.75) is 30.8 Å². The molecule has 0 unspecified atom stereocenters. The third kappa shape index (κ3) is 4.10. The van der Waals surface area contributed by atoms with E-state index in [1.807, 2.05) is 34.7 Å². The predicted molar refractivity (Wildman–Crippen MR) is 109 cm³/mol. The number of benzene rings is 1. The van der Waals surface area contributed by atoms with Crippen LogP contribution in [0.25, 0.3) is 0 Å². The number of nitrogens with zero attached hydrogens (tertiary/aromatic N) is 4. The molecule has 1 fully saturated rings. The average molecular weight is 421 g/mol. The average Bonchev–Trinajstić information content (AvgIpc) is 3.21. The minimum Gasteiger partial charge on any atom is -0.311 e. The van der Waals surface area contributed by atoms with Crippen LogP contribution in [-0.2, 0) is 34.5 Å². The zero-order valence-electron chi connectivity index (χ0n) is 15.9. The summed E-state index contributed by atoms with van der Waals surface area (Å²) in [5.74, 6) is 1.76. The molecule has 0 saturated carbocycles. The van der Waals surface area contributed by atoms with Gasteiger partial charge in [0, 0.05) is 25.7 Å². The van der Waals surface area contributed by atoms with E-state index in [0.29, 0.717) is 23.8 Å². The van der Waals surface area contributed by atoms with E-state index in [0.717, 1.165) is 30.9 Å². The van der Waals surface area contributed by atoms with Gasteiger partial charge in [0.05, 0.1) is 17.3 Å². The number of para-hydroxylation sites is 1. The molecule has 3 heterocycles. The van der Waals surface area contributed by atoms with E-state index in [1.165, 1.54) is 17.3 Å². The second-order valence-electron chi connectivity index (χ2n) is 7.50. The van der Waals surface area contributed by atoms with Crippen molar-refractivity contribution in [2.24, 2.45) is 13.0 Å². The molecule has 1 amide bonds. The second-order valence-corrected chi connectivity index (χ2v) is 10.7. The number of anilines is 1. The van der Waals surface area contributed by atoms with Crippen LogP contribution in [0.2, 0.25) is 0 Å². The third-order valence-electron chi connectivity index (χ3n) is 5.46. The Hall–Kier alpha value is -1.87. The Labute approximate surface area is 169 Å². The summed E-state index contributed by atoms with van der Waals surface area (Å²) in [6.07, 6.45) is 3.28. The zero-order valence-corrected chi connectivity index (χ0v) is 17.5. The molecule has 1 aromatic carbocycles. The van der Waals surface area contributed by atoms with Gasteiger partial charge in [0.2, 0.25) is 5.91 Å². The fourth-order valence-corrected chi connectivity index (χ4v) is 6.60. The molecule has 1 aromatic heterocycles. The minimum absolute atomic E-state index is 0.0728. The van der Waals surface area contributed by atoms with Crippen LogP contribution in [0.5, 0.6) is 0 Å². The van der Waals surface area contributed by atoms with Gasteiger partial charge in [-0.2, -0.15) is 0 Å². The van der Waals surface area contributed by atoms with Crippen LogP contribution in [0, 0.1) is 5.92 Å². The van der Waals surface area contributed by atoms with Crippen molar-refractivity contribution in [3.63, 3.8) is 0 Å². The number of aromatic nitrogens is 3. The van der Waals surface area contributed by atoms with E-state index >= 15 is 0 Å². The fourth-order valence-electron chi connectivity index (χ4n) is 3.94. The highest BCUT2D eigenvalue weighted by molar-refractivity contribution is 7.99. The first kappa shape index (κ1) is 19.4. The number of carbonyl (C=O) groups is 1. The fraction of sp³-hybridized carbons (Fsp3) is 0.526. The van der Waals surface area contributed by atoms with Crippen molar-refractivity contribution in [3.05, 3.63) is 35.7 Å². The van der Waals surface area contributed by atoms with E-state index < -0.39 is 9.84 Å². The Balaban J connectivity index is 1.38. The van der Waals surface area contributed by atoms with E-state index in [-0.39, 0.29) is 23.3 Å². The monoisotopic (exact) mass is 420 g/mol. The van der Waals surface area contributed by atoms with Crippen LogP contribution in [0.4, 0.5) is 5.69 Å². The van der Waals surface area contributed by atoms with Crippen molar-refractivity contribution in [1.82, 2.24) is 14.8 Å². The quantitative estimate of drug-likeness (QED) is 0.687. The standard InChI is InChI=1S/C19H24N4O3S2/c1-22-17(11-14-8-10-28(25,26)13-14)20-21-19(22)27-12-18(24)23-9-4-6-15-5-2-3-7-16(15)23/h2-3,5,7,14H,4,6,8-13H2,1H3/t14-/m1/s1. The van der Waals surface area contributed by atoms with Crippen LogP contribution in [0.15, 0.2) is 29.4 Å². The summed E-state index contributed by atoms with van der Waals surface area (Å²) >= 11 is 1.38. The van der Waals surface area contributed by atoms with Crippen molar-refractivity contribution < 1.29 is 13.2 Å². The molecule has 1 saturated heterocycles. The summed E-state index contributed by atoms with van der Waals surface area (Å²) < 4.78 is 25.2. The molecule has 2 aliphatic rings. The van der Waals surface area contributed by atoms with Gasteiger partial charge in [-0.3, -0.25) is 4.79 Å². The molecule has 0 bridgehead atoms. The number of carbonyl (C=O) groups excluding carboxylic acids is 1. The van der Waals surface area contributed by atoms with Gasteiger partial charge in [0.25, 0.3) is 0 Å². The van der Waals surface area contributed by atoms with Gasteiger partial charge in [-0.1, -0.05) is 30.0 Å². The second kappa shape index (κ2) is 7.87. The van der Waals surface area contributed by atoms with Gasteiger partial charge in [0.15, 0.2) is 15.0 Å². The van der Waals surface area contributed by atoms with Gasteiger partial charge >= 0.3 is 0 Å². The SMILES string of the molecule is Cn1c(C[C@H]2CCS(=O)(=O)C2)nnc1SCC(=O)N1CCCc2ccccc21. The van der Waals surface area contributed by atoms with Crippen LogP contribution >= 0.6 is 11.8 Å². The number of fused-ring (bicyclic) bond motifs is 1. The van der Waals surface area contributed by atoms with Crippen LogP contribution in [0.3, 0.4) is 0 Å². The number of rotatable bonds is 5. The minimum atomic E-state index is -2.89. The first-order chi connectivity index (χ1) is 13.4. The van der Waals surface area contributed by atoms with Gasteiger partial charge < -0.3 is 9.47 Å². The maximum absolute atomic E-state index is 12.8. The maximum Gasteiger partial charge on any atom is 0.237 e. The molecule has 7 nitrogen and oxygen atoms in total. The number of hydrogen-bond acceptors (Lipinski definition) is 6. The molecule has 9 heteroatoms. The zero-order chi connectivity index (χ0) is 19.7. The van der Waals surface area contributed by atoms with E-state index in [4.69, 9.17) is 0 Å². The highest BCUT2D eigenvalue weighted by Crippen LogP contribution is 2.28. The maximum atomic E-state index is 12.8. The van der Waals surface area contributed by atoms with Gasteiger partial charge in [-0.05, 0) is 36.8 Å². The number of amides is 1. The highest BCUT2D eigenvalue weighted by atomic mass is 32.2. The number of aryl methyl sites for hydroxylation is 1.